The van der Waals surface area contributed by atoms with Crippen LogP contribution in [0.1, 0.15) is 115 Å². The number of aliphatic hydroxyl groups is 1. The molecule has 1 N–H and O–H groups in total. The van der Waals surface area contributed by atoms with Crippen molar-refractivity contribution >= 4 is 5.78 Å². The molecule has 0 atom stereocenters. The van der Waals surface area contributed by atoms with E-state index < -0.39 is 0 Å². The van der Waals surface area contributed by atoms with Crippen LogP contribution in [-0.2, 0) is 4.79 Å². The molecule has 2 nitrogen and oxygen atoms in total. The fraction of sp³-hybridized carbons (Fsp3) is 0.488. The third-order valence-electron chi connectivity index (χ3n) is 8.39. The molecule has 0 aliphatic heterocycles. The fourth-order valence-electron chi connectivity index (χ4n) is 5.85. The maximum absolute atomic E-state index is 11.0. The van der Waals surface area contributed by atoms with Gasteiger partial charge in [-0.2, -0.15) is 0 Å². The van der Waals surface area contributed by atoms with Crippen LogP contribution >= 0.6 is 0 Å². The first-order valence-corrected chi connectivity index (χ1v) is 16.0. The molecule has 0 saturated carbocycles. The Bertz CT molecular complexity index is 1260. The molecule has 0 aromatic carbocycles. The van der Waals surface area contributed by atoms with Crippen LogP contribution in [-0.4, -0.2) is 17.5 Å². The third kappa shape index (κ3) is 14.9. The quantitative estimate of drug-likeness (QED) is 0.205. The topological polar surface area (TPSA) is 37.3 Å². The minimum absolute atomic E-state index is 0.0877. The van der Waals surface area contributed by atoms with Crippen molar-refractivity contribution in [1.82, 2.24) is 0 Å². The lowest BCUT2D eigenvalue weighted by Gasteiger charge is -2.33. The Morgan fingerprint density at radius 3 is 1.47 bits per heavy atom. The van der Waals surface area contributed by atoms with Crippen molar-refractivity contribution in [2.75, 3.05) is 6.61 Å². The second kappa shape index (κ2) is 18.6. The molecule has 2 aliphatic carbocycles. The highest BCUT2D eigenvalue weighted by Crippen LogP contribution is 2.41. The number of allylic oxidation sites excluding steroid dienone is 19. The van der Waals surface area contributed by atoms with Gasteiger partial charge in [-0.25, -0.2) is 0 Å². The second-order valence-corrected chi connectivity index (χ2v) is 13.7. The van der Waals surface area contributed by atoms with Crippen molar-refractivity contribution in [2.45, 2.75) is 115 Å². The predicted octanol–water partition coefficient (Wildman–Crippen LogP) is 11.6. The summed E-state index contributed by atoms with van der Waals surface area (Å²) < 4.78 is 0. The zero-order valence-electron chi connectivity index (χ0n) is 29.2. The molecule has 236 valence electrons. The van der Waals surface area contributed by atoms with E-state index in [0.717, 1.165) is 11.1 Å². The lowest BCUT2D eigenvalue weighted by atomic mass is 9.72. The van der Waals surface area contributed by atoms with Crippen molar-refractivity contribution in [3.63, 3.8) is 0 Å². The van der Waals surface area contributed by atoms with Crippen molar-refractivity contribution in [3.8, 4) is 0 Å². The maximum atomic E-state index is 11.0. The van der Waals surface area contributed by atoms with Crippen LogP contribution in [0, 0.1) is 10.8 Å². The standard InChI is InChI=1S/C21H30O.C20H30O/c1-16(9-7-10-17(2)15-19(4)22)12-13-20-18(3)11-8-14-21(20,5)6;1-16(8-6-9-17(2)13-15-21)11-12-19-18(3)10-7-14-20(19,4)5/h7,9-10,12-13,15H,8,11,14H2,1-6H3;6,8-9,11-13,21H,7,10,14-15H2,1-5H3/b10-7+,13-12+,16-9+,17-15+;9-6+,12-11+,16-8+,17-13+. The number of rotatable bonds is 10. The average molecular weight is 585 g/mol. The van der Waals surface area contributed by atoms with Crippen LogP contribution in [0.15, 0.2) is 117 Å². The Morgan fingerprint density at radius 2 is 1.09 bits per heavy atom. The van der Waals surface area contributed by atoms with E-state index in [4.69, 9.17) is 5.11 Å². The summed E-state index contributed by atoms with van der Waals surface area (Å²) >= 11 is 0. The van der Waals surface area contributed by atoms with Gasteiger partial charge in [0.05, 0.1) is 6.61 Å². The number of ketones is 1. The predicted molar refractivity (Wildman–Crippen MR) is 190 cm³/mol. The Kier molecular flexibility index (Phi) is 16.5. The SMILES string of the molecule is CC(=O)/C=C(C)/C=C/C=C(C)/C=C/C1=C(C)CCCC1(C)C.CC1=C(/C=C/C(C)=C/C=C/C(C)=C/CO)C(C)(C)CCC1. The van der Waals surface area contributed by atoms with Gasteiger partial charge in [0.25, 0.3) is 0 Å². The molecule has 2 rings (SSSR count). The first-order chi connectivity index (χ1) is 20.1. The van der Waals surface area contributed by atoms with E-state index >= 15 is 0 Å². The van der Waals surface area contributed by atoms with Gasteiger partial charge in [0.1, 0.15) is 0 Å². The first-order valence-electron chi connectivity index (χ1n) is 16.0. The molecular formula is C41H60O2. The van der Waals surface area contributed by atoms with Gasteiger partial charge in [0.15, 0.2) is 5.78 Å². The molecule has 0 radical (unpaired) electrons. The molecule has 0 spiro atoms. The molecule has 0 heterocycles. The maximum Gasteiger partial charge on any atom is 0.152 e. The molecule has 0 amide bonds. The summed E-state index contributed by atoms with van der Waals surface area (Å²) in [6.45, 7) is 23.7. The first kappa shape index (κ1) is 38.1. The number of carbonyl (C=O) groups excluding carboxylic acids is 1. The zero-order chi connectivity index (χ0) is 32.6. The van der Waals surface area contributed by atoms with E-state index in [1.165, 1.54) is 72.0 Å². The van der Waals surface area contributed by atoms with Crippen molar-refractivity contribution in [1.29, 1.82) is 0 Å². The fourth-order valence-corrected chi connectivity index (χ4v) is 5.85. The zero-order valence-corrected chi connectivity index (χ0v) is 29.2. The molecule has 43 heavy (non-hydrogen) atoms. The molecule has 0 fully saturated rings. The van der Waals surface area contributed by atoms with E-state index in [1.807, 2.05) is 38.2 Å². The van der Waals surface area contributed by atoms with Crippen LogP contribution < -0.4 is 0 Å². The summed E-state index contributed by atoms with van der Waals surface area (Å²) in [5.74, 6) is 0.0877. The number of hydrogen-bond acceptors (Lipinski definition) is 2. The third-order valence-corrected chi connectivity index (χ3v) is 8.39. The van der Waals surface area contributed by atoms with Crippen molar-refractivity contribution in [3.05, 3.63) is 117 Å². The van der Waals surface area contributed by atoms with Crippen LogP contribution in [0.5, 0.6) is 0 Å². The molecular weight excluding hydrogens is 524 g/mol. The molecule has 0 saturated heterocycles. The number of aliphatic hydroxyl groups excluding tert-OH is 1. The van der Waals surface area contributed by atoms with Gasteiger partial charge in [0.2, 0.25) is 0 Å². The van der Waals surface area contributed by atoms with Crippen LogP contribution in [0.3, 0.4) is 0 Å². The van der Waals surface area contributed by atoms with Gasteiger partial charge < -0.3 is 5.11 Å². The summed E-state index contributed by atoms with van der Waals surface area (Å²) in [4.78, 5) is 11.0. The van der Waals surface area contributed by atoms with Crippen molar-refractivity contribution < 1.29 is 9.90 Å². The van der Waals surface area contributed by atoms with Crippen LogP contribution in [0.4, 0.5) is 0 Å². The van der Waals surface area contributed by atoms with E-state index in [1.54, 1.807) is 19.1 Å². The normalized spacial score (nSPS) is 20.6. The lowest BCUT2D eigenvalue weighted by molar-refractivity contribution is -0.112. The van der Waals surface area contributed by atoms with Crippen LogP contribution in [0.2, 0.25) is 0 Å². The Balaban J connectivity index is 0.000000430. The Labute approximate surface area is 264 Å². The van der Waals surface area contributed by atoms with Gasteiger partial charge >= 0.3 is 0 Å². The van der Waals surface area contributed by atoms with E-state index in [-0.39, 0.29) is 17.8 Å². The van der Waals surface area contributed by atoms with Gasteiger partial charge in [-0.05, 0) is 121 Å². The lowest BCUT2D eigenvalue weighted by Crippen LogP contribution is -2.19. The van der Waals surface area contributed by atoms with E-state index in [9.17, 15) is 4.79 Å². The minimum Gasteiger partial charge on any atom is -0.392 e. The van der Waals surface area contributed by atoms with E-state index in [0.29, 0.717) is 5.41 Å². The highest BCUT2D eigenvalue weighted by molar-refractivity contribution is 5.88. The molecule has 2 heteroatoms. The Hall–Kier alpha value is -2.97. The summed E-state index contributed by atoms with van der Waals surface area (Å²) in [6, 6.07) is 0. The summed E-state index contributed by atoms with van der Waals surface area (Å²) in [6.07, 6.45) is 32.3. The summed E-state index contributed by atoms with van der Waals surface area (Å²) in [7, 11) is 0. The summed E-state index contributed by atoms with van der Waals surface area (Å²) in [5.41, 5.74) is 11.2. The molecule has 0 bridgehead atoms. The van der Waals surface area contributed by atoms with Gasteiger partial charge in [-0.1, -0.05) is 122 Å². The highest BCUT2D eigenvalue weighted by Gasteiger charge is 2.27. The molecule has 0 aromatic rings. The molecule has 0 aromatic heterocycles. The van der Waals surface area contributed by atoms with Gasteiger partial charge in [0, 0.05) is 0 Å². The van der Waals surface area contributed by atoms with Gasteiger partial charge in [-0.3, -0.25) is 4.79 Å². The number of carbonyl (C=O) groups is 1. The number of hydrogen-bond donors (Lipinski definition) is 1. The molecule has 2 aliphatic rings. The van der Waals surface area contributed by atoms with Gasteiger partial charge in [-0.15, -0.1) is 0 Å². The Morgan fingerprint density at radius 1 is 0.674 bits per heavy atom. The summed E-state index contributed by atoms with van der Waals surface area (Å²) in [5, 5.41) is 8.81. The smallest absolute Gasteiger partial charge is 0.152 e. The van der Waals surface area contributed by atoms with Crippen molar-refractivity contribution in [2.24, 2.45) is 10.8 Å². The highest BCUT2D eigenvalue weighted by atomic mass is 16.2. The van der Waals surface area contributed by atoms with Crippen LogP contribution in [0.25, 0.3) is 0 Å². The second-order valence-electron chi connectivity index (χ2n) is 13.7. The monoisotopic (exact) mass is 584 g/mol. The average Bonchev–Trinajstić information content (AvgIpc) is 2.87. The molecule has 0 unspecified atom stereocenters. The minimum atomic E-state index is 0.0877. The largest absolute Gasteiger partial charge is 0.392 e. The van der Waals surface area contributed by atoms with E-state index in [2.05, 4.69) is 91.8 Å².